The molecule has 0 amide bonds. The smallest absolute Gasteiger partial charge is 0.187 e. The molecule has 1 saturated heterocycles. The number of anilines is 1. The topological polar surface area (TPSA) is 60.9 Å². The van der Waals surface area contributed by atoms with Crippen LogP contribution < -0.4 is 4.90 Å². The highest BCUT2D eigenvalue weighted by molar-refractivity contribution is 9.10. The van der Waals surface area contributed by atoms with E-state index in [1.807, 2.05) is 12.1 Å². The minimum atomic E-state index is 0.664. The first-order valence-corrected chi connectivity index (χ1v) is 9.42. The Balaban J connectivity index is 1.47. The lowest BCUT2D eigenvalue weighted by molar-refractivity contribution is 0.249. The van der Waals surface area contributed by atoms with Crippen LogP contribution in [0.2, 0.25) is 10.0 Å². The van der Waals surface area contributed by atoms with Crippen LogP contribution in [0.1, 0.15) is 5.56 Å². The summed E-state index contributed by atoms with van der Waals surface area (Å²) in [5, 5.41) is 9.39. The molecule has 1 N–H and O–H groups in total. The van der Waals surface area contributed by atoms with Crippen LogP contribution in [0.3, 0.4) is 0 Å². The van der Waals surface area contributed by atoms with E-state index in [4.69, 9.17) is 23.2 Å². The van der Waals surface area contributed by atoms with Gasteiger partial charge in [0.05, 0.1) is 5.39 Å². The van der Waals surface area contributed by atoms with Gasteiger partial charge in [0.15, 0.2) is 5.65 Å². The van der Waals surface area contributed by atoms with Gasteiger partial charge in [-0.05, 0) is 33.6 Å². The van der Waals surface area contributed by atoms with Crippen LogP contribution in [0.25, 0.3) is 11.0 Å². The van der Waals surface area contributed by atoms with E-state index in [9.17, 15) is 0 Å². The number of piperazine rings is 1. The third-order valence-corrected chi connectivity index (χ3v) is 5.53. The summed E-state index contributed by atoms with van der Waals surface area (Å²) in [4.78, 5) is 13.3. The van der Waals surface area contributed by atoms with Crippen LogP contribution in [0, 0.1) is 0 Å². The molecule has 0 radical (unpaired) electrons. The van der Waals surface area contributed by atoms with Gasteiger partial charge >= 0.3 is 0 Å². The van der Waals surface area contributed by atoms with Gasteiger partial charge in [-0.2, -0.15) is 5.10 Å². The largest absolute Gasteiger partial charge is 0.353 e. The van der Waals surface area contributed by atoms with Crippen LogP contribution >= 0.6 is 39.1 Å². The first kappa shape index (κ1) is 17.0. The first-order chi connectivity index (χ1) is 12.1. The molecule has 2 aromatic heterocycles. The molecule has 25 heavy (non-hydrogen) atoms. The lowest BCUT2D eigenvalue weighted by Crippen LogP contribution is -2.46. The molecule has 0 unspecified atom stereocenters. The van der Waals surface area contributed by atoms with Crippen molar-refractivity contribution < 1.29 is 0 Å². The number of hydrogen-bond donors (Lipinski definition) is 1. The molecular formula is C16H15BrCl2N6. The monoisotopic (exact) mass is 440 g/mol. The number of nitrogens with zero attached hydrogens (tertiary/aromatic N) is 5. The fourth-order valence-electron chi connectivity index (χ4n) is 3.05. The molecule has 1 aliphatic rings. The van der Waals surface area contributed by atoms with E-state index in [1.165, 1.54) is 0 Å². The van der Waals surface area contributed by atoms with Gasteiger partial charge in [-0.3, -0.25) is 10.00 Å². The number of benzene rings is 1. The number of fused-ring (bicyclic) bond motifs is 1. The third kappa shape index (κ3) is 3.46. The molecule has 4 rings (SSSR count). The number of H-pyrrole nitrogens is 1. The summed E-state index contributed by atoms with van der Waals surface area (Å²) in [5.74, 6) is 0.912. The fraction of sp³-hybridized carbons (Fsp3) is 0.312. The summed E-state index contributed by atoms with van der Waals surface area (Å²) in [5.41, 5.74) is 1.77. The highest BCUT2D eigenvalue weighted by Gasteiger charge is 2.22. The van der Waals surface area contributed by atoms with Crippen molar-refractivity contribution in [2.45, 2.75) is 6.54 Å². The predicted octanol–water partition coefficient (Wildman–Crippen LogP) is 3.74. The highest BCUT2D eigenvalue weighted by Crippen LogP contribution is 2.29. The SMILES string of the molecule is Clc1ccc(CN2CCN(c3ncnc4n[nH]c(Br)c34)CC2)c(Cl)c1. The van der Waals surface area contributed by atoms with Crippen molar-refractivity contribution in [1.29, 1.82) is 0 Å². The quantitative estimate of drug-likeness (QED) is 0.670. The minimum Gasteiger partial charge on any atom is -0.353 e. The highest BCUT2D eigenvalue weighted by atomic mass is 79.9. The van der Waals surface area contributed by atoms with Gasteiger partial charge in [-0.1, -0.05) is 29.3 Å². The molecule has 0 atom stereocenters. The first-order valence-electron chi connectivity index (χ1n) is 7.87. The number of nitrogens with one attached hydrogen (secondary N) is 1. The zero-order chi connectivity index (χ0) is 17.4. The fourth-order valence-corrected chi connectivity index (χ4v) is 3.97. The molecule has 0 bridgehead atoms. The number of rotatable bonds is 3. The van der Waals surface area contributed by atoms with Crippen LogP contribution in [-0.2, 0) is 6.54 Å². The number of halogens is 3. The number of aromatic nitrogens is 4. The summed E-state index contributed by atoms with van der Waals surface area (Å²) in [6.07, 6.45) is 1.56. The average molecular weight is 442 g/mol. The molecule has 3 heterocycles. The molecule has 1 fully saturated rings. The van der Waals surface area contributed by atoms with Gasteiger partial charge in [0.25, 0.3) is 0 Å². The lowest BCUT2D eigenvalue weighted by atomic mass is 10.2. The molecule has 6 nitrogen and oxygen atoms in total. The lowest BCUT2D eigenvalue weighted by Gasteiger charge is -2.35. The molecule has 3 aromatic rings. The van der Waals surface area contributed by atoms with Crippen molar-refractivity contribution >= 4 is 56.0 Å². The van der Waals surface area contributed by atoms with Crippen molar-refractivity contribution in [3.63, 3.8) is 0 Å². The van der Waals surface area contributed by atoms with Gasteiger partial charge in [-0.15, -0.1) is 0 Å². The molecule has 0 saturated carbocycles. The van der Waals surface area contributed by atoms with Gasteiger partial charge in [-0.25, -0.2) is 9.97 Å². The molecule has 130 valence electrons. The van der Waals surface area contributed by atoms with Crippen molar-refractivity contribution in [2.75, 3.05) is 31.1 Å². The molecule has 1 aromatic carbocycles. The second-order valence-corrected chi connectivity index (χ2v) is 7.57. The maximum absolute atomic E-state index is 6.29. The van der Waals surface area contributed by atoms with Gasteiger partial charge < -0.3 is 4.90 Å². The summed E-state index contributed by atoms with van der Waals surface area (Å²) >= 11 is 15.8. The summed E-state index contributed by atoms with van der Waals surface area (Å²) in [6, 6.07) is 5.67. The maximum atomic E-state index is 6.29. The Morgan fingerprint density at radius 3 is 2.68 bits per heavy atom. The Kier molecular flexibility index (Phi) is 4.82. The second-order valence-electron chi connectivity index (χ2n) is 5.93. The second kappa shape index (κ2) is 7.07. The Labute approximate surface area is 163 Å². The van der Waals surface area contributed by atoms with Crippen molar-refractivity contribution in [1.82, 2.24) is 25.1 Å². The van der Waals surface area contributed by atoms with Gasteiger partial charge in [0, 0.05) is 42.8 Å². The van der Waals surface area contributed by atoms with E-state index in [2.05, 4.69) is 45.9 Å². The Bertz CT molecular complexity index is 907. The molecule has 0 spiro atoms. The van der Waals surface area contributed by atoms with Crippen molar-refractivity contribution in [2.24, 2.45) is 0 Å². The number of hydrogen-bond acceptors (Lipinski definition) is 5. The summed E-state index contributed by atoms with van der Waals surface area (Å²) in [6.45, 7) is 4.45. The molecule has 0 aliphatic carbocycles. The molecule has 1 aliphatic heterocycles. The predicted molar refractivity (Wildman–Crippen MR) is 103 cm³/mol. The van der Waals surface area contributed by atoms with Crippen LogP contribution in [0.4, 0.5) is 5.82 Å². The third-order valence-electron chi connectivity index (χ3n) is 4.37. The van der Waals surface area contributed by atoms with E-state index >= 15 is 0 Å². The Morgan fingerprint density at radius 2 is 1.92 bits per heavy atom. The average Bonchev–Trinajstić information content (AvgIpc) is 3.00. The Morgan fingerprint density at radius 1 is 1.12 bits per heavy atom. The zero-order valence-corrected chi connectivity index (χ0v) is 16.3. The molecule has 9 heteroatoms. The zero-order valence-electron chi connectivity index (χ0n) is 13.2. The van der Waals surface area contributed by atoms with Crippen molar-refractivity contribution in [3.8, 4) is 0 Å². The normalized spacial score (nSPS) is 15.9. The minimum absolute atomic E-state index is 0.664. The van der Waals surface area contributed by atoms with Gasteiger partial charge in [0.1, 0.15) is 16.7 Å². The van der Waals surface area contributed by atoms with Crippen LogP contribution in [0.15, 0.2) is 29.1 Å². The standard InChI is InChI=1S/C16H15BrCl2N6/c17-14-13-15(23-22-14)20-9-21-16(13)25-5-3-24(4-6-25)8-10-1-2-11(18)7-12(10)19/h1-2,7,9H,3-6,8H2,(H,20,21,22,23). The van der Waals surface area contributed by atoms with Crippen LogP contribution in [-0.4, -0.2) is 51.2 Å². The van der Waals surface area contributed by atoms with Crippen LogP contribution in [0.5, 0.6) is 0 Å². The summed E-state index contributed by atoms with van der Waals surface area (Å²) < 4.78 is 0.813. The summed E-state index contributed by atoms with van der Waals surface area (Å²) in [7, 11) is 0. The van der Waals surface area contributed by atoms with E-state index in [0.29, 0.717) is 10.7 Å². The number of aromatic amines is 1. The van der Waals surface area contributed by atoms with Crippen molar-refractivity contribution in [3.05, 3.63) is 44.7 Å². The Hall–Kier alpha value is -1.41. The van der Waals surface area contributed by atoms with Gasteiger partial charge in [0.2, 0.25) is 0 Å². The van der Waals surface area contributed by atoms with E-state index in [1.54, 1.807) is 12.4 Å². The van der Waals surface area contributed by atoms with E-state index < -0.39 is 0 Å². The molecular weight excluding hydrogens is 427 g/mol. The van der Waals surface area contributed by atoms with E-state index in [0.717, 1.165) is 59.1 Å². The van der Waals surface area contributed by atoms with E-state index in [-0.39, 0.29) is 0 Å². The maximum Gasteiger partial charge on any atom is 0.187 e.